The van der Waals surface area contributed by atoms with Crippen LogP contribution in [0.5, 0.6) is 0 Å². The van der Waals surface area contributed by atoms with Crippen molar-refractivity contribution < 1.29 is 9.82 Å². The van der Waals surface area contributed by atoms with Crippen molar-refractivity contribution in [1.82, 2.24) is 14.7 Å². The highest BCUT2D eigenvalue weighted by Gasteiger charge is 2.22. The third-order valence-electron chi connectivity index (χ3n) is 4.74. The highest BCUT2D eigenvalue weighted by molar-refractivity contribution is 6.45. The molecule has 0 aliphatic carbocycles. The minimum absolute atomic E-state index is 0.00472. The van der Waals surface area contributed by atoms with E-state index in [-0.39, 0.29) is 5.91 Å². The molecular weight excluding hydrogens is 365 g/mol. The number of nitrogens with zero attached hydrogens (tertiary/aromatic N) is 4. The minimum Gasteiger partial charge on any atom is -0.450 e. The zero-order valence-electron chi connectivity index (χ0n) is 17.0. The first-order chi connectivity index (χ1) is 14.0. The van der Waals surface area contributed by atoms with Crippen molar-refractivity contribution in [2.75, 3.05) is 13.1 Å². The number of rotatable bonds is 8. The summed E-state index contributed by atoms with van der Waals surface area (Å²) in [6.45, 7) is 6.15. The number of amides is 1. The number of amidine groups is 1. The predicted octanol–water partition coefficient (Wildman–Crippen LogP) is 1.59. The number of nitrogens with two attached hydrogens (primary N) is 1. The molecule has 3 rings (SSSR count). The monoisotopic (exact) mass is 392 g/mol. The Morgan fingerprint density at radius 2 is 1.93 bits per heavy atom. The number of hydrogen-bond acceptors (Lipinski definition) is 5. The van der Waals surface area contributed by atoms with Crippen LogP contribution in [0, 0.1) is 0 Å². The molecule has 0 atom stereocenters. The Bertz CT molecular complexity index is 912. The first-order valence-corrected chi connectivity index (χ1v) is 10.0. The molecular formula is C21H27BN5O2. The van der Waals surface area contributed by atoms with Gasteiger partial charge in [-0.1, -0.05) is 43.6 Å². The lowest BCUT2D eigenvalue weighted by molar-refractivity contribution is -0.127. The fourth-order valence-electron chi connectivity index (χ4n) is 3.39. The van der Waals surface area contributed by atoms with Gasteiger partial charge < -0.3 is 15.7 Å². The van der Waals surface area contributed by atoms with Gasteiger partial charge in [-0.15, -0.1) is 0 Å². The first-order valence-electron chi connectivity index (χ1n) is 10.0. The van der Waals surface area contributed by atoms with Gasteiger partial charge in [0.15, 0.2) is 0 Å². The number of carbonyl (C=O) groups excluding carboxylic acids is 1. The molecule has 7 nitrogen and oxygen atoms in total. The van der Waals surface area contributed by atoms with E-state index in [1.807, 2.05) is 41.4 Å². The maximum Gasteiger partial charge on any atom is 0.326 e. The van der Waals surface area contributed by atoms with E-state index < -0.39 is 0 Å². The van der Waals surface area contributed by atoms with Gasteiger partial charge in [0, 0.05) is 25.1 Å². The standard InChI is InChI=1S/C21H27BN5O2/c1-3-9-26(10-4-2)21(28)16-11-18-19(24-20(23)12-16)14-27(25-18)13-15-5-7-17(22-29)8-6-15/h5-8,11,14,29H,3-4,9-10,12-13H2,1-2H3,(H2,23,24). The van der Waals surface area contributed by atoms with Crippen LogP contribution in [0.2, 0.25) is 0 Å². The Kier molecular flexibility index (Phi) is 6.88. The van der Waals surface area contributed by atoms with Gasteiger partial charge >= 0.3 is 7.48 Å². The summed E-state index contributed by atoms with van der Waals surface area (Å²) in [6.07, 6.45) is 5.82. The van der Waals surface area contributed by atoms with Crippen molar-refractivity contribution >= 4 is 36.5 Å². The van der Waals surface area contributed by atoms with E-state index in [4.69, 9.17) is 10.8 Å². The van der Waals surface area contributed by atoms with E-state index in [2.05, 4.69) is 23.9 Å². The van der Waals surface area contributed by atoms with Gasteiger partial charge in [0.2, 0.25) is 5.91 Å². The lowest BCUT2D eigenvalue weighted by Crippen LogP contribution is -2.34. The first kappa shape index (κ1) is 20.9. The lowest BCUT2D eigenvalue weighted by atomic mass is 9.88. The molecule has 2 aromatic rings. The van der Waals surface area contributed by atoms with Crippen molar-refractivity contribution in [3.8, 4) is 0 Å². The zero-order valence-corrected chi connectivity index (χ0v) is 17.0. The maximum atomic E-state index is 13.0. The number of aliphatic imine (C=N–C) groups is 1. The van der Waals surface area contributed by atoms with Crippen LogP contribution < -0.4 is 11.2 Å². The summed E-state index contributed by atoms with van der Waals surface area (Å²) in [6, 6.07) is 7.55. The Labute approximate surface area is 172 Å². The van der Waals surface area contributed by atoms with Crippen molar-refractivity contribution in [3.05, 3.63) is 47.3 Å². The van der Waals surface area contributed by atoms with Gasteiger partial charge in [-0.05, 0) is 24.5 Å². The number of hydrogen-bond donors (Lipinski definition) is 2. The van der Waals surface area contributed by atoms with Crippen LogP contribution in [0.15, 0.2) is 41.0 Å². The second-order valence-electron chi connectivity index (χ2n) is 7.21. The predicted molar refractivity (Wildman–Crippen MR) is 116 cm³/mol. The molecule has 1 aromatic carbocycles. The van der Waals surface area contributed by atoms with Crippen molar-refractivity contribution in [2.24, 2.45) is 10.7 Å². The molecule has 1 aliphatic rings. The third-order valence-corrected chi connectivity index (χ3v) is 4.74. The fraction of sp³-hybridized carbons (Fsp3) is 0.381. The summed E-state index contributed by atoms with van der Waals surface area (Å²) in [5, 5.41) is 13.7. The second-order valence-corrected chi connectivity index (χ2v) is 7.21. The molecule has 0 spiro atoms. The van der Waals surface area contributed by atoms with Crippen LogP contribution in [0.4, 0.5) is 5.69 Å². The van der Waals surface area contributed by atoms with E-state index >= 15 is 0 Å². The minimum atomic E-state index is 0.00472. The summed E-state index contributed by atoms with van der Waals surface area (Å²) in [7, 11) is 1.07. The zero-order chi connectivity index (χ0) is 20.8. The molecule has 3 N–H and O–H groups in total. The Balaban J connectivity index is 1.85. The van der Waals surface area contributed by atoms with Crippen LogP contribution in [-0.4, -0.2) is 52.0 Å². The highest BCUT2D eigenvalue weighted by Crippen LogP contribution is 2.26. The topological polar surface area (TPSA) is 96.7 Å². The smallest absolute Gasteiger partial charge is 0.326 e. The third kappa shape index (κ3) is 5.14. The molecule has 0 saturated carbocycles. The lowest BCUT2D eigenvalue weighted by Gasteiger charge is -2.22. The molecule has 1 radical (unpaired) electrons. The SMILES string of the molecule is CCCN(CCC)C(=O)C1=Cc2nn(Cc3ccc([B]O)cc3)cc2N=C(N)C1. The number of benzene rings is 1. The molecule has 1 aliphatic heterocycles. The van der Waals surface area contributed by atoms with Gasteiger partial charge in [-0.2, -0.15) is 5.10 Å². The molecule has 151 valence electrons. The molecule has 0 bridgehead atoms. The quantitative estimate of drug-likeness (QED) is 0.667. The van der Waals surface area contributed by atoms with Crippen molar-refractivity contribution in [1.29, 1.82) is 0 Å². The molecule has 2 heterocycles. The average Bonchev–Trinajstić information content (AvgIpc) is 3.00. The average molecular weight is 392 g/mol. The summed E-state index contributed by atoms with van der Waals surface area (Å²) in [4.78, 5) is 19.4. The number of carbonyl (C=O) groups is 1. The molecule has 29 heavy (non-hydrogen) atoms. The molecule has 0 saturated heterocycles. The Morgan fingerprint density at radius 3 is 2.55 bits per heavy atom. The van der Waals surface area contributed by atoms with Gasteiger partial charge in [-0.25, -0.2) is 4.99 Å². The van der Waals surface area contributed by atoms with E-state index in [0.29, 0.717) is 35.8 Å². The van der Waals surface area contributed by atoms with Crippen LogP contribution in [0.3, 0.4) is 0 Å². The molecule has 1 aromatic heterocycles. The summed E-state index contributed by atoms with van der Waals surface area (Å²) >= 11 is 0. The Morgan fingerprint density at radius 1 is 1.24 bits per heavy atom. The van der Waals surface area contributed by atoms with Crippen LogP contribution in [0.1, 0.15) is 44.4 Å². The fourth-order valence-corrected chi connectivity index (χ4v) is 3.39. The van der Waals surface area contributed by atoms with E-state index in [0.717, 1.165) is 44.4 Å². The van der Waals surface area contributed by atoms with Gasteiger partial charge in [0.25, 0.3) is 0 Å². The second kappa shape index (κ2) is 9.56. The normalized spacial score (nSPS) is 13.2. The molecule has 0 unspecified atom stereocenters. The largest absolute Gasteiger partial charge is 0.450 e. The van der Waals surface area contributed by atoms with E-state index in [1.165, 1.54) is 0 Å². The molecule has 1 amide bonds. The van der Waals surface area contributed by atoms with Gasteiger partial charge in [-0.3, -0.25) is 9.48 Å². The summed E-state index contributed by atoms with van der Waals surface area (Å²) < 4.78 is 1.79. The van der Waals surface area contributed by atoms with Gasteiger partial charge in [0.05, 0.1) is 12.7 Å². The van der Waals surface area contributed by atoms with Crippen LogP contribution in [0.25, 0.3) is 6.08 Å². The van der Waals surface area contributed by atoms with E-state index in [1.54, 1.807) is 4.68 Å². The van der Waals surface area contributed by atoms with Crippen molar-refractivity contribution in [3.63, 3.8) is 0 Å². The molecule has 8 heteroatoms. The van der Waals surface area contributed by atoms with Crippen LogP contribution in [-0.2, 0) is 11.3 Å². The van der Waals surface area contributed by atoms with E-state index in [9.17, 15) is 4.79 Å². The van der Waals surface area contributed by atoms with Gasteiger partial charge in [0.1, 0.15) is 17.2 Å². The Hall–Kier alpha value is -2.87. The maximum absolute atomic E-state index is 13.0. The number of aromatic nitrogens is 2. The summed E-state index contributed by atoms with van der Waals surface area (Å²) in [5.74, 6) is 0.420. The summed E-state index contributed by atoms with van der Waals surface area (Å²) in [5.41, 5.74) is 9.83. The van der Waals surface area contributed by atoms with Crippen molar-refractivity contribution in [2.45, 2.75) is 39.7 Å². The van der Waals surface area contributed by atoms with Crippen LogP contribution >= 0.6 is 0 Å². The highest BCUT2D eigenvalue weighted by atomic mass is 16.2. The number of fused-ring (bicyclic) bond motifs is 1. The molecule has 0 fully saturated rings.